The van der Waals surface area contributed by atoms with Crippen molar-refractivity contribution in [3.8, 4) is 0 Å². The number of hydrogen-bond donors (Lipinski definition) is 0. The molecule has 0 amide bonds. The van der Waals surface area contributed by atoms with Crippen LogP contribution in [0.3, 0.4) is 0 Å². The van der Waals surface area contributed by atoms with E-state index >= 15 is 0 Å². The van der Waals surface area contributed by atoms with Crippen LogP contribution in [0.4, 0.5) is 0 Å². The number of hydrogen-bond acceptors (Lipinski definition) is 0. The molecule has 0 aliphatic heterocycles. The van der Waals surface area contributed by atoms with E-state index in [1.54, 1.807) is 0 Å². The van der Waals surface area contributed by atoms with Crippen LogP contribution in [0.5, 0.6) is 0 Å². The van der Waals surface area contributed by atoms with E-state index in [1.807, 2.05) is 0 Å². The Morgan fingerprint density at radius 3 is 0.946 bits per heavy atom. The Morgan fingerprint density at radius 1 is 0.351 bits per heavy atom. The van der Waals surface area contributed by atoms with Crippen molar-refractivity contribution in [1.29, 1.82) is 0 Å². The first kappa shape index (κ1) is 37.9. The Kier molecular flexibility index (Phi) is 35.7. The SMILES string of the molecule is CCCCCCCCCCCCCCCCPCC(C)PCCCCCCCCCCCCCCCC. The summed E-state index contributed by atoms with van der Waals surface area (Å²) in [6, 6.07) is 0. The summed E-state index contributed by atoms with van der Waals surface area (Å²) in [5, 5.41) is 0. The molecule has 37 heavy (non-hydrogen) atoms. The van der Waals surface area contributed by atoms with Gasteiger partial charge in [0.15, 0.2) is 0 Å². The Balaban J connectivity index is 3.13. The van der Waals surface area contributed by atoms with Gasteiger partial charge in [-0.1, -0.05) is 188 Å². The summed E-state index contributed by atoms with van der Waals surface area (Å²) in [5.74, 6) is 0. The largest absolute Gasteiger partial charge is 0.121 e. The molecule has 0 heterocycles. The van der Waals surface area contributed by atoms with E-state index < -0.39 is 0 Å². The molecule has 0 aromatic heterocycles. The summed E-state index contributed by atoms with van der Waals surface area (Å²) in [7, 11) is 2.48. The summed E-state index contributed by atoms with van der Waals surface area (Å²) in [4.78, 5) is 0. The molecular weight excluding hydrogens is 482 g/mol. The molecule has 0 bridgehead atoms. The van der Waals surface area contributed by atoms with Crippen molar-refractivity contribution in [2.24, 2.45) is 0 Å². The normalized spacial score (nSPS) is 13.1. The monoisotopic (exact) mass is 557 g/mol. The lowest BCUT2D eigenvalue weighted by Crippen LogP contribution is -1.98. The van der Waals surface area contributed by atoms with Crippen molar-refractivity contribution in [3.05, 3.63) is 0 Å². The van der Waals surface area contributed by atoms with Crippen LogP contribution in [0.2, 0.25) is 0 Å². The van der Waals surface area contributed by atoms with Crippen molar-refractivity contribution >= 4 is 17.2 Å². The van der Waals surface area contributed by atoms with E-state index in [1.165, 1.54) is 215 Å². The first-order chi connectivity index (χ1) is 18.3. The molecule has 0 aliphatic carbocycles. The van der Waals surface area contributed by atoms with E-state index in [4.69, 9.17) is 0 Å². The molecule has 3 atom stereocenters. The zero-order chi connectivity index (χ0) is 26.9. The summed E-state index contributed by atoms with van der Waals surface area (Å²) >= 11 is 0. The second-order valence-corrected chi connectivity index (χ2v) is 15.6. The topological polar surface area (TPSA) is 0 Å². The molecule has 2 heteroatoms. The summed E-state index contributed by atoms with van der Waals surface area (Å²) in [6.45, 7) is 7.15. The smallest absolute Gasteiger partial charge is 0.0228 e. The molecule has 3 unspecified atom stereocenters. The minimum Gasteiger partial charge on any atom is -0.121 e. The lowest BCUT2D eigenvalue weighted by Gasteiger charge is -2.11. The highest BCUT2D eigenvalue weighted by molar-refractivity contribution is 7.43. The molecule has 0 aliphatic rings. The minimum atomic E-state index is 1.01. The highest BCUT2D eigenvalue weighted by atomic mass is 31.1. The molecular formula is C35H74P2. The van der Waals surface area contributed by atoms with E-state index in [9.17, 15) is 0 Å². The van der Waals surface area contributed by atoms with Gasteiger partial charge < -0.3 is 0 Å². The van der Waals surface area contributed by atoms with Crippen LogP contribution in [-0.2, 0) is 0 Å². The maximum absolute atomic E-state index is 2.53. The Hall–Kier alpha value is 0.860. The predicted molar refractivity (Wildman–Crippen MR) is 181 cm³/mol. The quantitative estimate of drug-likeness (QED) is 0.0557. The molecule has 0 radical (unpaired) electrons. The highest BCUT2D eigenvalue weighted by Gasteiger charge is 2.02. The van der Waals surface area contributed by atoms with Gasteiger partial charge in [0.25, 0.3) is 0 Å². The molecule has 0 fully saturated rings. The second-order valence-electron chi connectivity index (χ2n) is 12.3. The van der Waals surface area contributed by atoms with Gasteiger partial charge >= 0.3 is 0 Å². The van der Waals surface area contributed by atoms with Gasteiger partial charge in [0, 0.05) is 0 Å². The van der Waals surface area contributed by atoms with E-state index in [-0.39, 0.29) is 0 Å². The summed E-state index contributed by atoms with van der Waals surface area (Å²) in [5.41, 5.74) is 1.01. The average Bonchev–Trinajstić information content (AvgIpc) is 2.90. The molecule has 0 spiro atoms. The van der Waals surface area contributed by atoms with Crippen molar-refractivity contribution in [1.82, 2.24) is 0 Å². The zero-order valence-corrected chi connectivity index (χ0v) is 28.5. The van der Waals surface area contributed by atoms with Crippen LogP contribution in [-0.4, -0.2) is 24.1 Å². The summed E-state index contributed by atoms with van der Waals surface area (Å²) < 4.78 is 0. The van der Waals surface area contributed by atoms with E-state index in [0.717, 1.165) is 5.66 Å². The molecule has 0 nitrogen and oxygen atoms in total. The van der Waals surface area contributed by atoms with Crippen LogP contribution in [0.1, 0.15) is 201 Å². The molecule has 0 rings (SSSR count). The molecule has 0 saturated carbocycles. The molecule has 224 valence electrons. The predicted octanol–water partition coefficient (Wildman–Crippen LogP) is 13.7. The maximum atomic E-state index is 2.53. The fraction of sp³-hybridized carbons (Fsp3) is 1.00. The van der Waals surface area contributed by atoms with Crippen LogP contribution in [0, 0.1) is 0 Å². The van der Waals surface area contributed by atoms with Crippen molar-refractivity contribution in [2.75, 3.05) is 18.5 Å². The van der Waals surface area contributed by atoms with Gasteiger partial charge in [-0.05, 0) is 37.0 Å². The van der Waals surface area contributed by atoms with Crippen molar-refractivity contribution < 1.29 is 0 Å². The molecule has 0 aromatic rings. The third-order valence-electron chi connectivity index (χ3n) is 8.18. The van der Waals surface area contributed by atoms with Gasteiger partial charge in [-0.2, -0.15) is 0 Å². The fourth-order valence-electron chi connectivity index (χ4n) is 5.50. The first-order valence-electron chi connectivity index (χ1n) is 17.7. The third kappa shape index (κ3) is 34.8. The Bertz CT molecular complexity index is 383. The maximum Gasteiger partial charge on any atom is -0.0228 e. The van der Waals surface area contributed by atoms with Gasteiger partial charge in [-0.15, -0.1) is 17.2 Å². The van der Waals surface area contributed by atoms with Gasteiger partial charge in [0.05, 0.1) is 0 Å². The van der Waals surface area contributed by atoms with Gasteiger partial charge in [0.1, 0.15) is 0 Å². The van der Waals surface area contributed by atoms with Gasteiger partial charge in [-0.25, -0.2) is 0 Å². The molecule has 0 N–H and O–H groups in total. The van der Waals surface area contributed by atoms with Gasteiger partial charge in [0.2, 0.25) is 0 Å². The van der Waals surface area contributed by atoms with Gasteiger partial charge in [-0.3, -0.25) is 0 Å². The highest BCUT2D eigenvalue weighted by Crippen LogP contribution is 2.27. The van der Waals surface area contributed by atoms with Crippen LogP contribution < -0.4 is 0 Å². The minimum absolute atomic E-state index is 1.01. The zero-order valence-electron chi connectivity index (χ0n) is 26.5. The molecule has 0 aromatic carbocycles. The lowest BCUT2D eigenvalue weighted by molar-refractivity contribution is 0.538. The number of rotatable bonds is 33. The van der Waals surface area contributed by atoms with Crippen molar-refractivity contribution in [3.63, 3.8) is 0 Å². The third-order valence-corrected chi connectivity index (χ3v) is 11.7. The molecule has 0 saturated heterocycles. The van der Waals surface area contributed by atoms with Crippen molar-refractivity contribution in [2.45, 2.75) is 206 Å². The van der Waals surface area contributed by atoms with Crippen LogP contribution >= 0.6 is 17.2 Å². The Labute approximate surface area is 241 Å². The summed E-state index contributed by atoms with van der Waals surface area (Å²) in [6.07, 6.45) is 46.0. The van der Waals surface area contributed by atoms with E-state index in [0.29, 0.717) is 0 Å². The average molecular weight is 557 g/mol. The Morgan fingerprint density at radius 2 is 0.622 bits per heavy atom. The lowest BCUT2D eigenvalue weighted by atomic mass is 10.0. The first-order valence-corrected chi connectivity index (χ1v) is 20.4. The van der Waals surface area contributed by atoms with Crippen LogP contribution in [0.15, 0.2) is 0 Å². The van der Waals surface area contributed by atoms with Crippen LogP contribution in [0.25, 0.3) is 0 Å². The fourth-order valence-corrected chi connectivity index (χ4v) is 8.60. The second kappa shape index (κ2) is 34.9. The van der Waals surface area contributed by atoms with E-state index in [2.05, 4.69) is 20.8 Å². The number of unbranched alkanes of at least 4 members (excludes halogenated alkanes) is 26. The standard InChI is InChI=1S/C35H74P2/c1-4-6-8-10-12-14-16-18-20-22-24-26-28-30-32-36-34-35(3)37-33-31-29-27-25-23-21-19-17-15-13-11-9-7-5-2/h35-37H,4-34H2,1-3H3.